The normalized spacial score (nSPS) is 10.7. The molecule has 0 radical (unpaired) electrons. The van der Waals surface area contributed by atoms with Crippen LogP contribution in [0.25, 0.3) is 80.8 Å². The maximum absolute atomic E-state index is 14.4. The molecule has 0 unspecified atom stereocenters. The van der Waals surface area contributed by atoms with Crippen molar-refractivity contribution in [2.75, 3.05) is 0 Å². The summed E-state index contributed by atoms with van der Waals surface area (Å²) in [6.07, 6.45) is 0. The van der Waals surface area contributed by atoms with E-state index in [0.29, 0.717) is 0 Å². The van der Waals surface area contributed by atoms with Gasteiger partial charge >= 0.3 is 11.6 Å². The van der Waals surface area contributed by atoms with Gasteiger partial charge in [0, 0.05) is 11.1 Å². The zero-order chi connectivity index (χ0) is 55.2. The molecule has 0 saturated carbocycles. The van der Waals surface area contributed by atoms with Crippen molar-refractivity contribution in [3.63, 3.8) is 0 Å². The van der Waals surface area contributed by atoms with Gasteiger partial charge in [0.2, 0.25) is 11.0 Å². The maximum Gasteiger partial charge on any atom is 0.307 e. The summed E-state index contributed by atoms with van der Waals surface area (Å²) in [4.78, 5) is 33.6. The average Bonchev–Trinajstić information content (AvgIpc) is 3.41. The lowest BCUT2D eigenvalue weighted by molar-refractivity contribution is 0.434. The molecular formula is C46H6F10N18. The number of nitriles is 9. The Kier molecular flexibility index (Phi) is 15.0. The van der Waals surface area contributed by atoms with E-state index in [1.807, 2.05) is 0 Å². The largest absolute Gasteiger partial charge is 0.358 e. The van der Waals surface area contributed by atoms with Crippen LogP contribution in [0, 0.1) is 180 Å². The van der Waals surface area contributed by atoms with Crippen molar-refractivity contribution in [3.05, 3.63) is 136 Å². The van der Waals surface area contributed by atoms with Gasteiger partial charge in [0.15, 0.2) is 69.3 Å². The Labute approximate surface area is 402 Å². The minimum absolute atomic E-state index is 0.00714. The summed E-state index contributed by atoms with van der Waals surface area (Å²) in [5.74, 6) is -20.2. The summed E-state index contributed by atoms with van der Waals surface area (Å²) in [6, 6.07) is 13.1. The third-order valence-electron chi connectivity index (χ3n) is 9.63. The first kappa shape index (κ1) is 52.8. The lowest BCUT2D eigenvalue weighted by atomic mass is 10.0. The van der Waals surface area contributed by atoms with Crippen LogP contribution < -0.4 is 20.9 Å². The van der Waals surface area contributed by atoms with E-state index in [-0.39, 0.29) is 67.5 Å². The first-order chi connectivity index (χ1) is 35.2. The first-order valence-corrected chi connectivity index (χ1v) is 18.7. The van der Waals surface area contributed by atoms with E-state index < -0.39 is 112 Å². The van der Waals surface area contributed by atoms with Gasteiger partial charge < -0.3 is 9.69 Å². The molecule has 7 aromatic rings. The van der Waals surface area contributed by atoms with Crippen LogP contribution >= 0.6 is 0 Å². The number of fused-ring (bicyclic) bond motifs is 7. The molecule has 3 aromatic heterocycles. The van der Waals surface area contributed by atoms with Gasteiger partial charge in [-0.05, 0) is 13.8 Å². The Morgan fingerprint density at radius 2 is 0.662 bits per heavy atom. The molecule has 18 nitrogen and oxygen atoms in total. The Morgan fingerprint density at radius 1 is 0.365 bits per heavy atom. The van der Waals surface area contributed by atoms with Crippen LogP contribution in [0.4, 0.5) is 55.5 Å². The van der Waals surface area contributed by atoms with Gasteiger partial charge in [0.05, 0.1) is 56.4 Å². The molecule has 7 rings (SSSR count). The highest BCUT2D eigenvalue weighted by Gasteiger charge is 2.29. The second-order valence-electron chi connectivity index (χ2n) is 13.5. The van der Waals surface area contributed by atoms with Crippen molar-refractivity contribution in [3.8, 4) is 54.6 Å². The quantitative estimate of drug-likeness (QED) is 0.0711. The molecule has 28 heteroatoms. The standard InChI is InChI=1S/C18N12.C16H3F6N3.C12H3F4N3/c1-23-17-9(5-21)27-13-11-12(26-8(4-20)7(3-19)25-11)14-16(15(13)29-17)30-18(24-2)10(6-22)28-14;1-5(3-23)7-11(17)9-10(15(21)13(7)19)12(18)8(6(4-24)25-2)14(20)16(9)22;1-5(2-17)7-9(13)11(15)8(6(3-18)4-19)12(16)10(7)14/h;1H3;1H3/b;7-5+,8-6-;. The van der Waals surface area contributed by atoms with Crippen LogP contribution in [0.3, 0.4) is 0 Å². The summed E-state index contributed by atoms with van der Waals surface area (Å²) < 4.78 is 140. The fourth-order valence-corrected chi connectivity index (χ4v) is 6.36. The molecule has 74 heavy (non-hydrogen) atoms. The zero-order valence-electron chi connectivity index (χ0n) is 35.8. The van der Waals surface area contributed by atoms with Gasteiger partial charge in [-0.3, -0.25) is 0 Å². The SMILES string of the molecule is CC(C#N)=c1c(F)c(F)c(=C(C#N)C#N)c(F)c1F.[C-]#[N+]/C(C#N)=c1\c(F)c(F)c2c(F)/c(=C(/C)C#N)c(F)c(F)c2c1F.[C-]#[N+]c1nc2c(nc1C#N)c1nc(C#N)c(C#N)nc1c1nc(C#N)c([N+]#[C-])nc12. The number of aromatic nitrogens is 6. The van der Waals surface area contributed by atoms with E-state index in [1.165, 1.54) is 12.1 Å². The molecule has 350 valence electrons. The number of halogens is 10. The number of benzene rings is 4. The molecule has 0 aliphatic heterocycles. The van der Waals surface area contributed by atoms with E-state index in [9.17, 15) is 65.0 Å². The third kappa shape index (κ3) is 8.52. The molecule has 0 atom stereocenters. The van der Waals surface area contributed by atoms with Gasteiger partial charge in [0.25, 0.3) is 5.70 Å². The van der Waals surface area contributed by atoms with Crippen LogP contribution in [0.15, 0.2) is 0 Å². The van der Waals surface area contributed by atoms with Gasteiger partial charge in [-0.2, -0.15) is 42.1 Å². The molecule has 0 aliphatic carbocycles. The van der Waals surface area contributed by atoms with Crippen molar-refractivity contribution >= 4 is 77.9 Å². The van der Waals surface area contributed by atoms with E-state index in [4.69, 9.17) is 46.0 Å². The highest BCUT2D eigenvalue weighted by molar-refractivity contribution is 6.18. The van der Waals surface area contributed by atoms with E-state index in [2.05, 4.69) is 44.4 Å². The second kappa shape index (κ2) is 21.0. The number of hydrogen-bond donors (Lipinski definition) is 0. The van der Waals surface area contributed by atoms with Gasteiger partial charge in [0.1, 0.15) is 75.7 Å². The minimum Gasteiger partial charge on any atom is -0.358 e. The molecule has 4 aromatic carbocycles. The minimum atomic E-state index is -2.12. The van der Waals surface area contributed by atoms with Crippen molar-refractivity contribution < 1.29 is 43.9 Å². The molecule has 0 fully saturated rings. The van der Waals surface area contributed by atoms with Crippen LogP contribution in [-0.2, 0) is 0 Å². The third-order valence-corrected chi connectivity index (χ3v) is 9.63. The summed E-state index contributed by atoms with van der Waals surface area (Å²) in [5, 5.41) is 71.5. The molecule has 0 aliphatic rings. The monoisotopic (exact) mass is 1000 g/mol. The number of nitrogens with zero attached hydrogens (tertiary/aromatic N) is 18. The molecule has 0 spiro atoms. The first-order valence-electron chi connectivity index (χ1n) is 18.7. The predicted octanol–water partition coefficient (Wildman–Crippen LogP) is 6.16. The molecule has 0 bridgehead atoms. The lowest BCUT2D eigenvalue weighted by Gasteiger charge is -2.09. The van der Waals surface area contributed by atoms with Gasteiger partial charge in [-0.25, -0.2) is 73.9 Å². The van der Waals surface area contributed by atoms with Crippen LogP contribution in [-0.4, -0.2) is 29.9 Å². The van der Waals surface area contributed by atoms with Gasteiger partial charge in [-0.1, -0.05) is 13.1 Å². The summed E-state index contributed by atoms with van der Waals surface area (Å²) >= 11 is 0. The molecule has 0 N–H and O–H groups in total. The Balaban J connectivity index is 0.000000211. The number of rotatable bonds is 0. The van der Waals surface area contributed by atoms with Crippen molar-refractivity contribution in [1.29, 1.82) is 47.4 Å². The Morgan fingerprint density at radius 3 is 0.973 bits per heavy atom. The number of hydrogen-bond acceptors (Lipinski definition) is 15. The van der Waals surface area contributed by atoms with Crippen LogP contribution in [0.2, 0.25) is 0 Å². The average molecular weight is 1000 g/mol. The zero-order valence-corrected chi connectivity index (χ0v) is 35.8. The van der Waals surface area contributed by atoms with Crippen molar-refractivity contribution in [2.45, 2.75) is 13.8 Å². The lowest BCUT2D eigenvalue weighted by Crippen LogP contribution is -2.30. The predicted molar refractivity (Wildman–Crippen MR) is 225 cm³/mol. The molecule has 3 heterocycles. The van der Waals surface area contributed by atoms with Crippen molar-refractivity contribution in [2.24, 2.45) is 0 Å². The topological polar surface area (TPSA) is 305 Å². The van der Waals surface area contributed by atoms with Crippen molar-refractivity contribution in [1.82, 2.24) is 29.9 Å². The van der Waals surface area contributed by atoms with E-state index in [1.54, 1.807) is 24.3 Å². The molecule has 0 saturated heterocycles. The maximum atomic E-state index is 14.4. The van der Waals surface area contributed by atoms with Gasteiger partial charge in [-0.15, -0.1) is 9.97 Å². The highest BCUT2D eigenvalue weighted by atomic mass is 19.2. The summed E-state index contributed by atoms with van der Waals surface area (Å²) in [5.41, 5.74) is -4.82. The summed E-state index contributed by atoms with van der Waals surface area (Å²) in [6.45, 7) is 23.0. The molecule has 0 amide bonds. The van der Waals surface area contributed by atoms with E-state index in [0.717, 1.165) is 32.1 Å². The Bertz CT molecular complexity index is 4200. The highest BCUT2D eigenvalue weighted by Crippen LogP contribution is 2.34. The Hall–Kier alpha value is -12.2. The van der Waals surface area contributed by atoms with Crippen LogP contribution in [0.1, 0.15) is 36.6 Å². The molecular weight excluding hydrogens is 995 g/mol. The van der Waals surface area contributed by atoms with E-state index >= 15 is 0 Å². The fraction of sp³-hybridized carbons (Fsp3) is 0.0435. The fourth-order valence-electron chi connectivity index (χ4n) is 6.36. The van der Waals surface area contributed by atoms with Crippen LogP contribution in [0.5, 0.6) is 0 Å². The summed E-state index contributed by atoms with van der Waals surface area (Å²) in [7, 11) is 0. The second-order valence-corrected chi connectivity index (χ2v) is 13.5. The smallest absolute Gasteiger partial charge is 0.307 e.